The molecule has 0 amide bonds. The molecule has 0 aliphatic carbocycles. The van der Waals surface area contributed by atoms with Crippen LogP contribution >= 0.6 is 0 Å². The fraction of sp³-hybridized carbons (Fsp3) is 0.150. The van der Waals surface area contributed by atoms with Crippen molar-refractivity contribution >= 4 is 68.2 Å². The molecule has 3 N–H and O–H groups in total. The molecule has 2 aromatic heterocycles. The van der Waals surface area contributed by atoms with Crippen molar-refractivity contribution in [2.75, 3.05) is 16.6 Å². The molecule has 0 aliphatic rings. The zero-order chi connectivity index (χ0) is 23.4. The van der Waals surface area contributed by atoms with Gasteiger partial charge < -0.3 is 9.88 Å². The van der Waals surface area contributed by atoms with Gasteiger partial charge in [0.1, 0.15) is 0 Å². The Labute approximate surface area is 216 Å². The van der Waals surface area contributed by atoms with E-state index < -0.39 is 10.3 Å². The second kappa shape index (κ2) is 10.8. The summed E-state index contributed by atoms with van der Waals surface area (Å²) >= 11 is 0. The van der Waals surface area contributed by atoms with Gasteiger partial charge in [-0.05, 0) is 46.7 Å². The summed E-state index contributed by atoms with van der Waals surface area (Å²) in [5.41, 5.74) is 2.06. The summed E-state index contributed by atoms with van der Waals surface area (Å²) in [7, 11) is -4.41. The van der Waals surface area contributed by atoms with E-state index in [1.165, 1.54) is 24.3 Å². The fourth-order valence-corrected chi connectivity index (χ4v) is 3.65. The Balaban J connectivity index is 0.00000324. The molecule has 0 saturated heterocycles. The molecular weight excluding hydrogens is 473 g/mol. The molecule has 0 aliphatic heterocycles. The molecule has 14 heteroatoms. The van der Waals surface area contributed by atoms with Gasteiger partial charge in [0.25, 0.3) is 0 Å². The number of nitrogens with zero attached hydrogens (tertiary/aromatic N) is 5. The van der Waals surface area contributed by atoms with Gasteiger partial charge in [-0.2, -0.15) is 13.7 Å². The SMILES string of the molecule is N#CCCNc1nonc1-c1nc2ccccc2n1CC(=O)c1ccc(NS(=O)(=O)O)cc1.[NaH]. The van der Waals surface area contributed by atoms with E-state index in [9.17, 15) is 13.2 Å². The summed E-state index contributed by atoms with van der Waals surface area (Å²) < 4.78 is 39.2. The Morgan fingerprint density at radius 1 is 1.15 bits per heavy atom. The topological polar surface area (TPSA) is 176 Å². The third-order valence-electron chi connectivity index (χ3n) is 4.64. The van der Waals surface area contributed by atoms with Crippen LogP contribution in [0.15, 0.2) is 53.2 Å². The molecule has 0 radical (unpaired) electrons. The van der Waals surface area contributed by atoms with Crippen LogP contribution in [0.25, 0.3) is 22.6 Å². The molecule has 34 heavy (non-hydrogen) atoms. The first-order chi connectivity index (χ1) is 15.9. The van der Waals surface area contributed by atoms with Crippen LogP contribution < -0.4 is 10.0 Å². The van der Waals surface area contributed by atoms with Crippen molar-refractivity contribution in [1.29, 1.82) is 5.26 Å². The average molecular weight is 491 g/mol. The van der Waals surface area contributed by atoms with Gasteiger partial charge in [-0.25, -0.2) is 9.61 Å². The average Bonchev–Trinajstić information content (AvgIpc) is 3.38. The van der Waals surface area contributed by atoms with Gasteiger partial charge in [0.2, 0.25) is 5.82 Å². The number of carbonyl (C=O) groups is 1. The van der Waals surface area contributed by atoms with Crippen molar-refractivity contribution in [3.05, 3.63) is 54.1 Å². The molecule has 0 atom stereocenters. The summed E-state index contributed by atoms with van der Waals surface area (Å²) in [4.78, 5) is 17.6. The molecule has 2 heterocycles. The number of fused-ring (bicyclic) bond motifs is 1. The molecule has 2 aromatic carbocycles. The maximum absolute atomic E-state index is 13.0. The van der Waals surface area contributed by atoms with Crippen molar-refractivity contribution in [3.63, 3.8) is 0 Å². The Bertz CT molecular complexity index is 1460. The molecular formula is C20H18N7NaO5S. The summed E-state index contributed by atoms with van der Waals surface area (Å²) in [6.07, 6.45) is 0.254. The monoisotopic (exact) mass is 491 g/mol. The maximum atomic E-state index is 13.0. The minimum absolute atomic E-state index is 0. The number of rotatable bonds is 9. The standard InChI is InChI=1S/C20H17N7O5S.Na.H/c21-10-3-11-22-19-18(24-32-25-19)20-23-15-4-1-2-5-16(15)27(20)12-17(28)13-6-8-14(9-7-13)26-33(29,30)31;;/h1-2,4-9,26H,3,11-12H2,(H,22,25)(H,29,30,31);;. The van der Waals surface area contributed by atoms with E-state index in [0.29, 0.717) is 40.5 Å². The van der Waals surface area contributed by atoms with Crippen LogP contribution in [0.3, 0.4) is 0 Å². The number of aromatic nitrogens is 4. The number of anilines is 2. The van der Waals surface area contributed by atoms with Crippen LogP contribution in [0.1, 0.15) is 16.8 Å². The van der Waals surface area contributed by atoms with Gasteiger partial charge in [0, 0.05) is 12.1 Å². The van der Waals surface area contributed by atoms with Gasteiger partial charge in [-0.15, -0.1) is 0 Å². The minimum atomic E-state index is -4.41. The Morgan fingerprint density at radius 3 is 2.59 bits per heavy atom. The first kappa shape index (κ1) is 25.3. The summed E-state index contributed by atoms with van der Waals surface area (Å²) in [5, 5.41) is 19.5. The van der Waals surface area contributed by atoms with Gasteiger partial charge >= 0.3 is 39.9 Å². The molecule has 0 bridgehead atoms. The number of nitrogens with one attached hydrogen (secondary N) is 2. The quantitative estimate of drug-likeness (QED) is 0.136. The van der Waals surface area contributed by atoms with E-state index in [1.54, 1.807) is 10.6 Å². The summed E-state index contributed by atoms with van der Waals surface area (Å²) in [6, 6.07) is 14.9. The van der Waals surface area contributed by atoms with Crippen LogP contribution in [-0.4, -0.2) is 74.7 Å². The third kappa shape index (κ3) is 5.79. The van der Waals surface area contributed by atoms with Gasteiger partial charge in [-0.1, -0.05) is 12.1 Å². The first-order valence-electron chi connectivity index (χ1n) is 9.63. The van der Waals surface area contributed by atoms with Crippen molar-refractivity contribution in [2.24, 2.45) is 0 Å². The number of carbonyl (C=O) groups excluding carboxylic acids is 1. The normalized spacial score (nSPS) is 10.9. The summed E-state index contributed by atoms with van der Waals surface area (Å²) in [5.74, 6) is 0.387. The molecule has 0 spiro atoms. The molecule has 4 rings (SSSR count). The van der Waals surface area contributed by atoms with Gasteiger partial charge in [0.15, 0.2) is 17.3 Å². The van der Waals surface area contributed by atoms with Crippen molar-refractivity contribution in [3.8, 4) is 17.6 Å². The van der Waals surface area contributed by atoms with E-state index >= 15 is 0 Å². The molecule has 0 saturated carbocycles. The fourth-order valence-electron chi connectivity index (χ4n) is 3.21. The summed E-state index contributed by atoms with van der Waals surface area (Å²) in [6.45, 7) is 0.242. The first-order valence-corrected chi connectivity index (χ1v) is 11.1. The van der Waals surface area contributed by atoms with Crippen LogP contribution in [0.4, 0.5) is 11.5 Å². The number of Topliss-reactive ketones (excluding diaryl/α,β-unsaturated/α-hetero) is 1. The number of imidazole rings is 1. The second-order valence-corrected chi connectivity index (χ2v) is 8.04. The number of hydrogen-bond donors (Lipinski definition) is 3. The molecule has 4 aromatic rings. The van der Waals surface area contributed by atoms with Crippen molar-refractivity contribution in [1.82, 2.24) is 19.9 Å². The number of hydrogen-bond acceptors (Lipinski definition) is 9. The van der Waals surface area contributed by atoms with Gasteiger partial charge in [0.05, 0.1) is 35.8 Å². The van der Waals surface area contributed by atoms with E-state index in [2.05, 4.69) is 20.6 Å². The number of nitriles is 1. The predicted octanol–water partition coefficient (Wildman–Crippen LogP) is 1.86. The van der Waals surface area contributed by atoms with E-state index in [4.69, 9.17) is 14.4 Å². The van der Waals surface area contributed by atoms with Crippen LogP contribution in [0.2, 0.25) is 0 Å². The van der Waals surface area contributed by atoms with Crippen LogP contribution in [-0.2, 0) is 16.8 Å². The number of para-hydroxylation sites is 2. The molecule has 0 unspecified atom stereocenters. The second-order valence-electron chi connectivity index (χ2n) is 6.88. The zero-order valence-electron chi connectivity index (χ0n) is 17.0. The van der Waals surface area contributed by atoms with E-state index in [-0.39, 0.29) is 54.0 Å². The third-order valence-corrected chi connectivity index (χ3v) is 5.13. The number of ketones is 1. The molecule has 170 valence electrons. The van der Waals surface area contributed by atoms with Crippen molar-refractivity contribution < 1.29 is 22.4 Å². The zero-order valence-corrected chi connectivity index (χ0v) is 17.8. The number of benzene rings is 2. The molecule has 12 nitrogen and oxygen atoms in total. The predicted molar refractivity (Wildman–Crippen MR) is 125 cm³/mol. The van der Waals surface area contributed by atoms with Crippen LogP contribution in [0, 0.1) is 11.3 Å². The van der Waals surface area contributed by atoms with E-state index in [1.807, 2.05) is 29.0 Å². The van der Waals surface area contributed by atoms with Crippen LogP contribution in [0.5, 0.6) is 0 Å². The van der Waals surface area contributed by atoms with Crippen molar-refractivity contribution in [2.45, 2.75) is 13.0 Å². The van der Waals surface area contributed by atoms with Gasteiger partial charge in [-0.3, -0.25) is 14.1 Å². The Kier molecular flexibility index (Phi) is 8.02. The Morgan fingerprint density at radius 2 is 1.88 bits per heavy atom. The molecule has 0 fully saturated rings. The van der Waals surface area contributed by atoms with E-state index in [0.717, 1.165) is 0 Å². The Hall–Kier alpha value is -3.28.